The number of hydrogen-bond donors (Lipinski definition) is 1. The van der Waals surface area contributed by atoms with Crippen molar-refractivity contribution in [3.8, 4) is 11.3 Å². The fraction of sp³-hybridized carbons (Fsp3) is 0.231. The van der Waals surface area contributed by atoms with Crippen LogP contribution in [0.2, 0.25) is 0 Å². The van der Waals surface area contributed by atoms with Crippen LogP contribution < -0.4 is 5.73 Å². The van der Waals surface area contributed by atoms with Crippen LogP contribution in [0.1, 0.15) is 25.1 Å². The molecule has 0 bridgehead atoms. The number of hydrogen-bond acceptors (Lipinski definition) is 2. The summed E-state index contributed by atoms with van der Waals surface area (Å²) in [5.74, 6) is 1.74. The molecule has 0 spiro atoms. The van der Waals surface area contributed by atoms with Gasteiger partial charge in [-0.15, -0.1) is 0 Å². The van der Waals surface area contributed by atoms with Crippen molar-refractivity contribution in [3.63, 3.8) is 0 Å². The quantitative estimate of drug-likeness (QED) is 0.867. The highest BCUT2D eigenvalue weighted by Gasteiger charge is 2.09. The van der Waals surface area contributed by atoms with Crippen molar-refractivity contribution >= 4 is 22.6 Å². The first-order chi connectivity index (χ1) is 7.70. The van der Waals surface area contributed by atoms with Gasteiger partial charge in [-0.1, -0.05) is 19.1 Å². The lowest BCUT2D eigenvalue weighted by atomic mass is 10.2. The highest BCUT2D eigenvalue weighted by atomic mass is 127. The van der Waals surface area contributed by atoms with Gasteiger partial charge in [0, 0.05) is 9.13 Å². The highest BCUT2D eigenvalue weighted by Crippen LogP contribution is 2.26. The molecule has 0 radical (unpaired) electrons. The average molecular weight is 327 g/mol. The third-order valence-corrected chi connectivity index (χ3v) is 3.28. The lowest BCUT2D eigenvalue weighted by Gasteiger charge is -2.03. The molecule has 0 aliphatic rings. The standard InChI is InChI=1S/C13H14INO/c1-2-11(15)13-8-7-12(16-13)9-3-5-10(14)6-4-9/h3-8,11H,2,15H2,1H3. The van der Waals surface area contributed by atoms with E-state index in [9.17, 15) is 0 Å². The predicted octanol–water partition coefficient (Wildman–Crippen LogP) is 3.96. The lowest BCUT2D eigenvalue weighted by molar-refractivity contribution is 0.470. The van der Waals surface area contributed by atoms with E-state index in [4.69, 9.17) is 10.2 Å². The Bertz CT molecular complexity index is 461. The summed E-state index contributed by atoms with van der Waals surface area (Å²) in [6, 6.07) is 12.2. The molecule has 1 heterocycles. The molecule has 2 N–H and O–H groups in total. The molecule has 0 saturated carbocycles. The first-order valence-electron chi connectivity index (χ1n) is 5.32. The van der Waals surface area contributed by atoms with Crippen LogP contribution in [0, 0.1) is 3.57 Å². The molecule has 1 aromatic heterocycles. The summed E-state index contributed by atoms with van der Waals surface area (Å²) in [7, 11) is 0. The zero-order valence-electron chi connectivity index (χ0n) is 9.11. The molecule has 1 unspecified atom stereocenters. The van der Waals surface area contributed by atoms with Crippen LogP contribution in [0.25, 0.3) is 11.3 Å². The molecular formula is C13H14INO. The molecule has 1 atom stereocenters. The van der Waals surface area contributed by atoms with E-state index in [1.807, 2.05) is 12.1 Å². The highest BCUT2D eigenvalue weighted by molar-refractivity contribution is 14.1. The van der Waals surface area contributed by atoms with E-state index in [1.54, 1.807) is 0 Å². The molecule has 1 aromatic carbocycles. The summed E-state index contributed by atoms with van der Waals surface area (Å²) in [6.07, 6.45) is 0.889. The first-order valence-corrected chi connectivity index (χ1v) is 6.40. The van der Waals surface area contributed by atoms with Crippen molar-refractivity contribution in [3.05, 3.63) is 45.7 Å². The minimum absolute atomic E-state index is 0.00222. The van der Waals surface area contributed by atoms with Crippen molar-refractivity contribution in [1.29, 1.82) is 0 Å². The lowest BCUT2D eigenvalue weighted by Crippen LogP contribution is -2.06. The van der Waals surface area contributed by atoms with Gasteiger partial charge in [-0.3, -0.25) is 0 Å². The van der Waals surface area contributed by atoms with Crippen LogP contribution in [0.15, 0.2) is 40.8 Å². The third kappa shape index (κ3) is 2.47. The molecule has 0 aliphatic carbocycles. The van der Waals surface area contributed by atoms with Gasteiger partial charge in [-0.25, -0.2) is 0 Å². The molecule has 2 aromatic rings. The van der Waals surface area contributed by atoms with E-state index in [2.05, 4.69) is 53.8 Å². The van der Waals surface area contributed by atoms with Gasteiger partial charge < -0.3 is 10.2 Å². The summed E-state index contributed by atoms with van der Waals surface area (Å²) in [5.41, 5.74) is 7.01. The molecule has 16 heavy (non-hydrogen) atoms. The Morgan fingerprint density at radius 1 is 1.19 bits per heavy atom. The van der Waals surface area contributed by atoms with Crippen molar-refractivity contribution in [1.82, 2.24) is 0 Å². The van der Waals surface area contributed by atoms with Crippen LogP contribution >= 0.6 is 22.6 Å². The molecule has 0 amide bonds. The minimum Gasteiger partial charge on any atom is -0.459 e. The second-order valence-electron chi connectivity index (χ2n) is 3.72. The topological polar surface area (TPSA) is 39.2 Å². The van der Waals surface area contributed by atoms with Gasteiger partial charge in [0.05, 0.1) is 6.04 Å². The maximum Gasteiger partial charge on any atom is 0.134 e. The Morgan fingerprint density at radius 3 is 2.50 bits per heavy atom. The normalized spacial score (nSPS) is 12.7. The average Bonchev–Trinajstić information content (AvgIpc) is 2.78. The second kappa shape index (κ2) is 5.01. The Morgan fingerprint density at radius 2 is 1.88 bits per heavy atom. The van der Waals surface area contributed by atoms with E-state index in [0.29, 0.717) is 0 Å². The maximum atomic E-state index is 5.91. The summed E-state index contributed by atoms with van der Waals surface area (Å²) in [5, 5.41) is 0. The number of rotatable bonds is 3. The SMILES string of the molecule is CCC(N)c1ccc(-c2ccc(I)cc2)o1. The number of benzene rings is 1. The van der Waals surface area contributed by atoms with Gasteiger partial charge >= 0.3 is 0 Å². The van der Waals surface area contributed by atoms with E-state index in [-0.39, 0.29) is 6.04 Å². The van der Waals surface area contributed by atoms with Gasteiger partial charge in [0.15, 0.2) is 0 Å². The van der Waals surface area contributed by atoms with Crippen molar-refractivity contribution in [2.75, 3.05) is 0 Å². The Labute approximate surface area is 109 Å². The van der Waals surface area contributed by atoms with Crippen molar-refractivity contribution in [2.45, 2.75) is 19.4 Å². The number of nitrogens with two attached hydrogens (primary N) is 1. The van der Waals surface area contributed by atoms with Gasteiger partial charge in [-0.2, -0.15) is 0 Å². The molecule has 0 aliphatic heterocycles. The molecule has 2 rings (SSSR count). The fourth-order valence-electron chi connectivity index (χ4n) is 1.52. The fourth-order valence-corrected chi connectivity index (χ4v) is 1.88. The van der Waals surface area contributed by atoms with E-state index in [0.717, 1.165) is 23.5 Å². The van der Waals surface area contributed by atoms with E-state index >= 15 is 0 Å². The van der Waals surface area contributed by atoms with Gasteiger partial charge in [-0.05, 0) is 53.3 Å². The largest absolute Gasteiger partial charge is 0.459 e. The Kier molecular flexibility index (Phi) is 3.66. The maximum absolute atomic E-state index is 5.91. The van der Waals surface area contributed by atoms with Gasteiger partial charge in [0.2, 0.25) is 0 Å². The molecule has 3 heteroatoms. The van der Waals surface area contributed by atoms with E-state index < -0.39 is 0 Å². The summed E-state index contributed by atoms with van der Waals surface area (Å²) >= 11 is 2.29. The Hall–Kier alpha value is -0.810. The third-order valence-electron chi connectivity index (χ3n) is 2.56. The predicted molar refractivity (Wildman–Crippen MR) is 74.1 cm³/mol. The molecule has 0 saturated heterocycles. The summed E-state index contributed by atoms with van der Waals surface area (Å²) in [6.45, 7) is 2.05. The van der Waals surface area contributed by atoms with Gasteiger partial charge in [0.25, 0.3) is 0 Å². The smallest absolute Gasteiger partial charge is 0.134 e. The zero-order chi connectivity index (χ0) is 11.5. The molecular weight excluding hydrogens is 313 g/mol. The van der Waals surface area contributed by atoms with Gasteiger partial charge in [0.1, 0.15) is 11.5 Å². The van der Waals surface area contributed by atoms with E-state index in [1.165, 1.54) is 3.57 Å². The molecule has 2 nitrogen and oxygen atoms in total. The zero-order valence-corrected chi connectivity index (χ0v) is 11.3. The van der Waals surface area contributed by atoms with Crippen LogP contribution in [0.5, 0.6) is 0 Å². The first kappa shape index (κ1) is 11.7. The van der Waals surface area contributed by atoms with Crippen molar-refractivity contribution in [2.24, 2.45) is 5.73 Å². The number of furan rings is 1. The summed E-state index contributed by atoms with van der Waals surface area (Å²) < 4.78 is 6.96. The minimum atomic E-state index is -0.00222. The summed E-state index contributed by atoms with van der Waals surface area (Å²) in [4.78, 5) is 0. The second-order valence-corrected chi connectivity index (χ2v) is 4.97. The van der Waals surface area contributed by atoms with Crippen LogP contribution in [-0.4, -0.2) is 0 Å². The van der Waals surface area contributed by atoms with Crippen LogP contribution in [-0.2, 0) is 0 Å². The number of halogens is 1. The monoisotopic (exact) mass is 327 g/mol. The Balaban J connectivity index is 2.28. The molecule has 84 valence electrons. The van der Waals surface area contributed by atoms with Crippen molar-refractivity contribution < 1.29 is 4.42 Å². The molecule has 0 fully saturated rings. The van der Waals surface area contributed by atoms with Crippen LogP contribution in [0.4, 0.5) is 0 Å². The van der Waals surface area contributed by atoms with Crippen LogP contribution in [0.3, 0.4) is 0 Å².